The van der Waals surface area contributed by atoms with Gasteiger partial charge in [-0.05, 0) is 71.7 Å². The highest BCUT2D eigenvalue weighted by molar-refractivity contribution is 9.10. The number of nitrogens with one attached hydrogen (secondary N) is 1. The molecule has 0 saturated carbocycles. The number of likely N-dealkylation sites (N-methyl/N-ethyl adjacent to an activating group) is 1. The summed E-state index contributed by atoms with van der Waals surface area (Å²) in [4.78, 5) is 14.2. The van der Waals surface area contributed by atoms with Gasteiger partial charge in [0.2, 0.25) is 5.91 Å². The Labute approximate surface area is 163 Å². The fraction of sp³-hybridized carbons (Fsp3) is 0.350. The first-order valence-electron chi connectivity index (χ1n) is 8.38. The van der Waals surface area contributed by atoms with E-state index in [1.54, 1.807) is 14.2 Å². The molecule has 0 atom stereocenters. The van der Waals surface area contributed by atoms with Crippen LogP contribution in [0.5, 0.6) is 11.5 Å². The molecule has 0 unspecified atom stereocenters. The zero-order valence-corrected chi connectivity index (χ0v) is 17.2. The quantitative estimate of drug-likeness (QED) is 0.703. The Bertz CT molecular complexity index is 765. The third-order valence-corrected chi connectivity index (χ3v) is 4.70. The summed E-state index contributed by atoms with van der Waals surface area (Å²) in [5.41, 5.74) is 3.06. The standard InChI is InChI=1S/C20H25BrN2O3/c1-14-5-7-17(16(21)11-14)22-20(24)13-23(2)10-9-15-6-8-18(25-3)19(12-15)26-4/h5-8,11-12H,9-10,13H2,1-4H3,(H,22,24). The van der Waals surface area contributed by atoms with Crippen LogP contribution < -0.4 is 14.8 Å². The van der Waals surface area contributed by atoms with Crippen LogP contribution in [0, 0.1) is 6.92 Å². The molecule has 0 bridgehead atoms. The zero-order valence-electron chi connectivity index (χ0n) is 15.6. The van der Waals surface area contributed by atoms with Gasteiger partial charge in [-0.1, -0.05) is 12.1 Å². The van der Waals surface area contributed by atoms with Crippen LogP contribution in [0.1, 0.15) is 11.1 Å². The minimum atomic E-state index is -0.0376. The molecule has 0 aromatic heterocycles. The molecule has 0 spiro atoms. The number of hydrogen-bond acceptors (Lipinski definition) is 4. The highest BCUT2D eigenvalue weighted by Crippen LogP contribution is 2.27. The largest absolute Gasteiger partial charge is 0.493 e. The Morgan fingerprint density at radius 2 is 1.85 bits per heavy atom. The summed E-state index contributed by atoms with van der Waals surface area (Å²) >= 11 is 3.48. The van der Waals surface area contributed by atoms with Gasteiger partial charge in [0.1, 0.15) is 0 Å². The minimum Gasteiger partial charge on any atom is -0.493 e. The lowest BCUT2D eigenvalue weighted by atomic mass is 10.1. The first-order chi connectivity index (χ1) is 12.4. The van der Waals surface area contributed by atoms with Crippen LogP contribution in [0.15, 0.2) is 40.9 Å². The van der Waals surface area contributed by atoms with E-state index in [0.29, 0.717) is 12.3 Å². The normalized spacial score (nSPS) is 10.7. The Hall–Kier alpha value is -2.05. The second-order valence-electron chi connectivity index (χ2n) is 6.21. The SMILES string of the molecule is COc1ccc(CCN(C)CC(=O)Nc2ccc(C)cc2Br)cc1OC. The summed E-state index contributed by atoms with van der Waals surface area (Å²) in [6.07, 6.45) is 0.818. The number of rotatable bonds is 8. The van der Waals surface area contributed by atoms with E-state index in [2.05, 4.69) is 21.2 Å². The molecule has 26 heavy (non-hydrogen) atoms. The number of nitrogens with zero attached hydrogens (tertiary/aromatic N) is 1. The van der Waals surface area contributed by atoms with Crippen LogP contribution >= 0.6 is 15.9 Å². The fourth-order valence-corrected chi connectivity index (χ4v) is 3.18. The molecule has 2 rings (SSSR count). The number of hydrogen-bond donors (Lipinski definition) is 1. The summed E-state index contributed by atoms with van der Waals surface area (Å²) in [5, 5.41) is 2.94. The molecular formula is C20H25BrN2O3. The second-order valence-corrected chi connectivity index (χ2v) is 7.06. The molecule has 0 aliphatic heterocycles. The highest BCUT2D eigenvalue weighted by atomic mass is 79.9. The van der Waals surface area contributed by atoms with Gasteiger partial charge in [-0.25, -0.2) is 0 Å². The third kappa shape index (κ3) is 5.75. The molecule has 1 N–H and O–H groups in total. The maximum absolute atomic E-state index is 12.2. The van der Waals surface area contributed by atoms with Crippen molar-refractivity contribution >= 4 is 27.5 Å². The lowest BCUT2D eigenvalue weighted by Gasteiger charge is -2.17. The average Bonchev–Trinajstić information content (AvgIpc) is 2.62. The van der Waals surface area contributed by atoms with Crippen LogP contribution in [0.4, 0.5) is 5.69 Å². The van der Waals surface area contributed by atoms with Crippen LogP contribution in [0.25, 0.3) is 0 Å². The zero-order chi connectivity index (χ0) is 19.1. The molecule has 0 fully saturated rings. The molecule has 140 valence electrons. The molecule has 1 amide bonds. The maximum Gasteiger partial charge on any atom is 0.238 e. The van der Waals surface area contributed by atoms with Gasteiger partial charge in [0.05, 0.1) is 26.5 Å². The van der Waals surface area contributed by atoms with Gasteiger partial charge in [0.15, 0.2) is 11.5 Å². The lowest BCUT2D eigenvalue weighted by molar-refractivity contribution is -0.117. The van der Waals surface area contributed by atoms with Crippen molar-refractivity contribution in [3.05, 3.63) is 52.0 Å². The highest BCUT2D eigenvalue weighted by Gasteiger charge is 2.10. The number of amides is 1. The first kappa shape index (κ1) is 20.3. The van der Waals surface area contributed by atoms with Crippen molar-refractivity contribution < 1.29 is 14.3 Å². The number of ether oxygens (including phenoxy) is 2. The van der Waals surface area contributed by atoms with Crippen molar-refractivity contribution in [2.75, 3.05) is 39.7 Å². The van der Waals surface area contributed by atoms with Crippen molar-refractivity contribution in [1.29, 1.82) is 0 Å². The molecule has 2 aromatic rings. The van der Waals surface area contributed by atoms with Gasteiger partial charge in [-0.15, -0.1) is 0 Å². The van der Waals surface area contributed by atoms with Crippen LogP contribution in [-0.4, -0.2) is 45.2 Å². The molecule has 6 heteroatoms. The number of benzene rings is 2. The summed E-state index contributed by atoms with van der Waals surface area (Å²) < 4.78 is 11.5. The second kappa shape index (κ2) is 9.59. The first-order valence-corrected chi connectivity index (χ1v) is 9.17. The van der Waals surface area contributed by atoms with Gasteiger partial charge in [-0.2, -0.15) is 0 Å². The van der Waals surface area contributed by atoms with Crippen molar-refractivity contribution in [3.63, 3.8) is 0 Å². The summed E-state index contributed by atoms with van der Waals surface area (Å²) in [5.74, 6) is 1.40. The van der Waals surface area contributed by atoms with E-state index in [9.17, 15) is 4.79 Å². The fourth-order valence-electron chi connectivity index (χ4n) is 2.59. The van der Waals surface area contributed by atoms with Crippen molar-refractivity contribution in [2.45, 2.75) is 13.3 Å². The molecular weight excluding hydrogens is 396 g/mol. The molecule has 0 saturated heterocycles. The lowest BCUT2D eigenvalue weighted by Crippen LogP contribution is -2.31. The molecule has 0 radical (unpaired) electrons. The average molecular weight is 421 g/mol. The molecule has 5 nitrogen and oxygen atoms in total. The monoisotopic (exact) mass is 420 g/mol. The van der Waals surface area contributed by atoms with Gasteiger partial charge in [0, 0.05) is 11.0 Å². The molecule has 0 heterocycles. The van der Waals surface area contributed by atoms with Crippen molar-refractivity contribution in [2.24, 2.45) is 0 Å². The van der Waals surface area contributed by atoms with Crippen LogP contribution in [-0.2, 0) is 11.2 Å². The number of carbonyl (C=O) groups excluding carboxylic acids is 1. The van der Waals surface area contributed by atoms with Crippen LogP contribution in [0.3, 0.4) is 0 Å². The minimum absolute atomic E-state index is 0.0376. The Balaban J connectivity index is 1.86. The predicted molar refractivity (Wildman–Crippen MR) is 108 cm³/mol. The predicted octanol–water partition coefficient (Wildman–Crippen LogP) is 3.89. The topological polar surface area (TPSA) is 50.8 Å². The summed E-state index contributed by atoms with van der Waals surface area (Å²) in [7, 11) is 5.18. The van der Waals surface area contributed by atoms with Gasteiger partial charge >= 0.3 is 0 Å². The summed E-state index contributed by atoms with van der Waals surface area (Å²) in [6.45, 7) is 3.10. The van der Waals surface area contributed by atoms with Gasteiger partial charge in [-0.3, -0.25) is 9.69 Å². The maximum atomic E-state index is 12.2. The van der Waals surface area contributed by atoms with Crippen molar-refractivity contribution in [3.8, 4) is 11.5 Å². The van der Waals surface area contributed by atoms with E-state index in [0.717, 1.165) is 40.0 Å². The smallest absolute Gasteiger partial charge is 0.238 e. The number of carbonyl (C=O) groups is 1. The van der Waals surface area contributed by atoms with Crippen molar-refractivity contribution in [1.82, 2.24) is 4.90 Å². The molecule has 2 aromatic carbocycles. The number of methoxy groups -OCH3 is 2. The third-order valence-electron chi connectivity index (χ3n) is 4.04. The Morgan fingerprint density at radius 3 is 2.50 bits per heavy atom. The van der Waals surface area contributed by atoms with Gasteiger partial charge < -0.3 is 14.8 Å². The number of halogens is 1. The van der Waals surface area contributed by atoms with E-state index >= 15 is 0 Å². The van der Waals surface area contributed by atoms with E-state index in [1.807, 2.05) is 55.3 Å². The van der Waals surface area contributed by atoms with E-state index in [-0.39, 0.29) is 5.91 Å². The molecule has 0 aliphatic rings. The van der Waals surface area contributed by atoms with Gasteiger partial charge in [0.25, 0.3) is 0 Å². The summed E-state index contributed by atoms with van der Waals surface area (Å²) in [6, 6.07) is 11.7. The van der Waals surface area contributed by atoms with E-state index < -0.39 is 0 Å². The van der Waals surface area contributed by atoms with E-state index in [4.69, 9.17) is 9.47 Å². The number of anilines is 1. The molecule has 0 aliphatic carbocycles. The number of aryl methyl sites for hydroxylation is 1. The Kier molecular flexibility index (Phi) is 7.48. The van der Waals surface area contributed by atoms with E-state index in [1.165, 1.54) is 0 Å². The Morgan fingerprint density at radius 1 is 1.12 bits per heavy atom. The van der Waals surface area contributed by atoms with Crippen LogP contribution in [0.2, 0.25) is 0 Å².